The summed E-state index contributed by atoms with van der Waals surface area (Å²) in [5.74, 6) is -0.187. The lowest BCUT2D eigenvalue weighted by atomic mass is 9.78. The van der Waals surface area contributed by atoms with Crippen molar-refractivity contribution in [3.05, 3.63) is 0 Å². The number of ether oxygens (including phenoxy) is 1. The van der Waals surface area contributed by atoms with Gasteiger partial charge in [0.2, 0.25) is 11.8 Å². The lowest BCUT2D eigenvalue weighted by molar-refractivity contribution is -0.131. The van der Waals surface area contributed by atoms with Crippen molar-refractivity contribution in [1.29, 1.82) is 0 Å². The second kappa shape index (κ2) is 6.75. The van der Waals surface area contributed by atoms with Crippen molar-refractivity contribution in [3.63, 3.8) is 0 Å². The van der Waals surface area contributed by atoms with Gasteiger partial charge in [-0.3, -0.25) is 9.59 Å². The van der Waals surface area contributed by atoms with E-state index in [1.165, 1.54) is 0 Å². The molecule has 1 aliphatic heterocycles. The summed E-state index contributed by atoms with van der Waals surface area (Å²) in [4.78, 5) is 23.8. The van der Waals surface area contributed by atoms with Crippen LogP contribution in [0.25, 0.3) is 0 Å². The lowest BCUT2D eigenvalue weighted by Gasteiger charge is -2.34. The molecule has 0 unspecified atom stereocenters. The second-order valence-electron chi connectivity index (χ2n) is 5.50. The summed E-state index contributed by atoms with van der Waals surface area (Å²) in [7, 11) is 0. The molecule has 0 atom stereocenters. The molecule has 2 fully saturated rings. The number of oxime groups is 1. The maximum Gasteiger partial charge on any atom is 0.234 e. The Morgan fingerprint density at radius 3 is 2.43 bits per heavy atom. The van der Waals surface area contributed by atoms with Gasteiger partial charge in [-0.05, 0) is 25.7 Å². The molecule has 8 heteroatoms. The predicted octanol–water partition coefficient (Wildman–Crippen LogP) is -0.828. The third-order valence-corrected chi connectivity index (χ3v) is 4.04. The van der Waals surface area contributed by atoms with Gasteiger partial charge in [-0.15, -0.1) is 0 Å². The fraction of sp³-hybridized carbons (Fsp3) is 0.769. The van der Waals surface area contributed by atoms with Crippen molar-refractivity contribution in [3.8, 4) is 0 Å². The normalized spacial score (nSPS) is 21.6. The van der Waals surface area contributed by atoms with Crippen LogP contribution in [0.1, 0.15) is 25.7 Å². The number of nitrogens with two attached hydrogens (primary N) is 1. The highest BCUT2D eigenvalue weighted by atomic mass is 16.5. The summed E-state index contributed by atoms with van der Waals surface area (Å²) in [5, 5.41) is 17.4. The first-order chi connectivity index (χ1) is 10.1. The first kappa shape index (κ1) is 15.6. The number of rotatable bonds is 6. The molecule has 0 aromatic rings. The molecule has 1 saturated carbocycles. The summed E-state index contributed by atoms with van der Waals surface area (Å²) in [6.45, 7) is 1.48. The van der Waals surface area contributed by atoms with Crippen LogP contribution in [-0.2, 0) is 14.3 Å². The van der Waals surface area contributed by atoms with Gasteiger partial charge in [0.15, 0.2) is 5.84 Å². The van der Waals surface area contributed by atoms with E-state index in [2.05, 4.69) is 15.8 Å². The van der Waals surface area contributed by atoms with Crippen LogP contribution in [0, 0.1) is 11.3 Å². The molecule has 2 aliphatic rings. The van der Waals surface area contributed by atoms with Crippen molar-refractivity contribution in [2.45, 2.75) is 25.7 Å². The zero-order chi connectivity index (χ0) is 15.3. The van der Waals surface area contributed by atoms with Crippen molar-refractivity contribution >= 4 is 17.6 Å². The van der Waals surface area contributed by atoms with E-state index < -0.39 is 5.41 Å². The highest BCUT2D eigenvalue weighted by Gasteiger charge is 2.44. The second-order valence-corrected chi connectivity index (χ2v) is 5.50. The van der Waals surface area contributed by atoms with Gasteiger partial charge in [-0.1, -0.05) is 5.16 Å². The van der Waals surface area contributed by atoms with E-state index in [1.807, 2.05) is 0 Å². The van der Waals surface area contributed by atoms with Crippen LogP contribution in [0.2, 0.25) is 0 Å². The third kappa shape index (κ3) is 3.63. The summed E-state index contributed by atoms with van der Waals surface area (Å²) < 4.78 is 5.23. The van der Waals surface area contributed by atoms with Gasteiger partial charge in [-0.2, -0.15) is 0 Å². The number of nitrogens with one attached hydrogen (secondary N) is 2. The molecule has 2 rings (SSSR count). The van der Waals surface area contributed by atoms with Crippen LogP contribution < -0.4 is 16.4 Å². The minimum atomic E-state index is -1.02. The number of amidine groups is 1. The molecule has 118 valence electrons. The molecule has 2 amide bonds. The Hall–Kier alpha value is -1.83. The average Bonchev–Trinajstić information content (AvgIpc) is 3.35. The number of hydrogen-bond acceptors (Lipinski definition) is 5. The van der Waals surface area contributed by atoms with Gasteiger partial charge in [0.25, 0.3) is 0 Å². The van der Waals surface area contributed by atoms with Crippen molar-refractivity contribution in [2.75, 3.05) is 26.3 Å². The highest BCUT2D eigenvalue weighted by Crippen LogP contribution is 2.31. The minimum absolute atomic E-state index is 0.0430. The van der Waals surface area contributed by atoms with Gasteiger partial charge in [0.05, 0.1) is 0 Å². The molecule has 1 aliphatic carbocycles. The van der Waals surface area contributed by atoms with Crippen molar-refractivity contribution in [2.24, 2.45) is 22.2 Å². The monoisotopic (exact) mass is 298 g/mol. The number of nitrogens with zero attached hydrogens (tertiary/aromatic N) is 1. The maximum absolute atomic E-state index is 12.4. The van der Waals surface area contributed by atoms with Gasteiger partial charge in [0, 0.05) is 32.2 Å². The molecular weight excluding hydrogens is 276 g/mol. The molecular formula is C13H22N4O4. The Bertz CT molecular complexity index is 428. The van der Waals surface area contributed by atoms with Crippen LogP contribution in [0.4, 0.5) is 0 Å². The molecule has 0 radical (unpaired) electrons. The van der Waals surface area contributed by atoms with Gasteiger partial charge < -0.3 is 26.3 Å². The standard InChI is InChI=1S/C13H22N4O4/c14-11(17-20)13(3-7-21-8-4-13)12(19)16-6-5-15-10(18)9-1-2-9/h9,20H,1-8H2,(H2,14,17)(H,15,18)(H,16,19). The Labute approximate surface area is 123 Å². The first-order valence-corrected chi connectivity index (χ1v) is 7.22. The summed E-state index contributed by atoms with van der Waals surface area (Å²) in [6.07, 6.45) is 2.65. The van der Waals surface area contributed by atoms with E-state index in [9.17, 15) is 9.59 Å². The fourth-order valence-corrected chi connectivity index (χ4v) is 2.44. The van der Waals surface area contributed by atoms with E-state index in [-0.39, 0.29) is 23.6 Å². The molecule has 5 N–H and O–H groups in total. The molecule has 0 bridgehead atoms. The first-order valence-electron chi connectivity index (χ1n) is 7.22. The molecule has 1 heterocycles. The number of carbonyl (C=O) groups is 2. The van der Waals surface area contributed by atoms with Crippen LogP contribution in [0.5, 0.6) is 0 Å². The summed E-state index contributed by atoms with van der Waals surface area (Å²) in [6, 6.07) is 0. The molecule has 0 aromatic heterocycles. The smallest absolute Gasteiger partial charge is 0.234 e. The van der Waals surface area contributed by atoms with E-state index in [0.717, 1.165) is 12.8 Å². The van der Waals surface area contributed by atoms with Crippen LogP contribution in [0.3, 0.4) is 0 Å². The van der Waals surface area contributed by atoms with Crippen molar-refractivity contribution in [1.82, 2.24) is 10.6 Å². The van der Waals surface area contributed by atoms with E-state index >= 15 is 0 Å². The molecule has 1 saturated heterocycles. The molecule has 0 aromatic carbocycles. The van der Waals surface area contributed by atoms with E-state index in [0.29, 0.717) is 39.1 Å². The third-order valence-electron chi connectivity index (χ3n) is 4.04. The lowest BCUT2D eigenvalue weighted by Crippen LogP contribution is -2.53. The van der Waals surface area contributed by atoms with Crippen molar-refractivity contribution < 1.29 is 19.5 Å². The largest absolute Gasteiger partial charge is 0.409 e. The minimum Gasteiger partial charge on any atom is -0.409 e. The number of carbonyl (C=O) groups excluding carboxylic acids is 2. The summed E-state index contributed by atoms with van der Waals surface area (Å²) >= 11 is 0. The van der Waals surface area contributed by atoms with Gasteiger partial charge in [-0.25, -0.2) is 0 Å². The van der Waals surface area contributed by atoms with E-state index in [4.69, 9.17) is 15.7 Å². The SMILES string of the molecule is NC(=NO)C1(C(=O)NCCNC(=O)C2CC2)CCOCC1. The summed E-state index contributed by atoms with van der Waals surface area (Å²) in [5.41, 5.74) is 4.68. The maximum atomic E-state index is 12.4. The van der Waals surface area contributed by atoms with Gasteiger partial charge in [0.1, 0.15) is 5.41 Å². The Kier molecular flexibility index (Phi) is 5.00. The highest BCUT2D eigenvalue weighted by molar-refractivity contribution is 6.06. The Morgan fingerprint density at radius 1 is 1.24 bits per heavy atom. The Balaban J connectivity index is 1.82. The fourth-order valence-electron chi connectivity index (χ4n) is 2.44. The van der Waals surface area contributed by atoms with Crippen LogP contribution >= 0.6 is 0 Å². The van der Waals surface area contributed by atoms with Crippen LogP contribution in [-0.4, -0.2) is 49.2 Å². The van der Waals surface area contributed by atoms with E-state index in [1.54, 1.807) is 0 Å². The predicted molar refractivity (Wildman–Crippen MR) is 74.6 cm³/mol. The average molecular weight is 298 g/mol. The zero-order valence-corrected chi connectivity index (χ0v) is 11.9. The zero-order valence-electron chi connectivity index (χ0n) is 11.9. The quantitative estimate of drug-likeness (QED) is 0.167. The topological polar surface area (TPSA) is 126 Å². The van der Waals surface area contributed by atoms with Crippen LogP contribution in [0.15, 0.2) is 5.16 Å². The molecule has 21 heavy (non-hydrogen) atoms. The molecule has 8 nitrogen and oxygen atoms in total. The number of amides is 2. The Morgan fingerprint density at radius 2 is 1.86 bits per heavy atom. The van der Waals surface area contributed by atoms with Gasteiger partial charge >= 0.3 is 0 Å². The number of hydrogen-bond donors (Lipinski definition) is 4. The molecule has 0 spiro atoms.